The van der Waals surface area contributed by atoms with E-state index in [1.807, 2.05) is 24.3 Å². The second-order valence-corrected chi connectivity index (χ2v) is 11.2. The fraction of sp³-hybridized carbons (Fsp3) is 0.292. The molecule has 0 N–H and O–H groups in total. The van der Waals surface area contributed by atoms with Crippen molar-refractivity contribution in [3.8, 4) is 22.1 Å². The third-order valence-corrected chi connectivity index (χ3v) is 7.86. The Morgan fingerprint density at radius 1 is 1.00 bits per heavy atom. The number of hydrogen-bond acceptors (Lipinski definition) is 9. The predicted molar refractivity (Wildman–Crippen MR) is 133 cm³/mol. The van der Waals surface area contributed by atoms with Gasteiger partial charge < -0.3 is 14.4 Å². The first-order valence-corrected chi connectivity index (χ1v) is 13.6. The zero-order valence-electron chi connectivity index (χ0n) is 18.8. The molecule has 0 spiro atoms. The topological polar surface area (TPSA) is 94.5 Å². The SMILES string of the molecule is COc1cnc(N2CCC(Oc3nc4ccc(-c5ccc(S(C)(=O)=O)cc5)cc4s3)CC2)nc1. The number of anilines is 1. The average Bonchev–Trinajstić information content (AvgIpc) is 3.25. The van der Waals surface area contributed by atoms with Crippen LogP contribution >= 0.6 is 11.3 Å². The minimum Gasteiger partial charge on any atom is -0.494 e. The van der Waals surface area contributed by atoms with Crippen LogP contribution in [-0.4, -0.2) is 55.9 Å². The van der Waals surface area contributed by atoms with Gasteiger partial charge in [-0.15, -0.1) is 0 Å². The highest BCUT2D eigenvalue weighted by Crippen LogP contribution is 2.33. The smallest absolute Gasteiger partial charge is 0.274 e. The molecule has 1 aliphatic heterocycles. The first kappa shape index (κ1) is 22.5. The van der Waals surface area contributed by atoms with Gasteiger partial charge in [0.2, 0.25) is 5.95 Å². The summed E-state index contributed by atoms with van der Waals surface area (Å²) in [7, 11) is -1.61. The van der Waals surface area contributed by atoms with Crippen LogP contribution in [-0.2, 0) is 9.84 Å². The molecular weight excluding hydrogens is 472 g/mol. The zero-order chi connectivity index (χ0) is 23.7. The van der Waals surface area contributed by atoms with Crippen molar-refractivity contribution in [3.63, 3.8) is 0 Å². The summed E-state index contributed by atoms with van der Waals surface area (Å²) < 4.78 is 35.8. The lowest BCUT2D eigenvalue weighted by Gasteiger charge is -2.31. The molecule has 0 aliphatic carbocycles. The van der Waals surface area contributed by atoms with Crippen molar-refractivity contribution >= 4 is 37.3 Å². The van der Waals surface area contributed by atoms with Gasteiger partial charge in [-0.3, -0.25) is 0 Å². The van der Waals surface area contributed by atoms with Crippen LogP contribution in [0.15, 0.2) is 59.8 Å². The minimum atomic E-state index is -3.21. The van der Waals surface area contributed by atoms with E-state index in [0.717, 1.165) is 47.3 Å². The summed E-state index contributed by atoms with van der Waals surface area (Å²) in [6.07, 6.45) is 6.40. The number of thiazole rings is 1. The number of aromatic nitrogens is 3. The van der Waals surface area contributed by atoms with Crippen LogP contribution in [0.25, 0.3) is 21.3 Å². The number of fused-ring (bicyclic) bond motifs is 1. The summed E-state index contributed by atoms with van der Waals surface area (Å²) in [5.74, 6) is 1.35. The highest BCUT2D eigenvalue weighted by Gasteiger charge is 2.23. The number of benzene rings is 2. The van der Waals surface area contributed by atoms with Crippen molar-refractivity contribution in [2.45, 2.75) is 23.8 Å². The van der Waals surface area contributed by atoms with Gasteiger partial charge in [0.15, 0.2) is 15.6 Å². The van der Waals surface area contributed by atoms with Crippen molar-refractivity contribution in [2.75, 3.05) is 31.4 Å². The zero-order valence-corrected chi connectivity index (χ0v) is 20.5. The average molecular weight is 497 g/mol. The number of ether oxygens (including phenoxy) is 2. The molecule has 0 radical (unpaired) electrons. The fourth-order valence-corrected chi connectivity index (χ4v) is 5.47. The maximum atomic E-state index is 11.7. The summed E-state index contributed by atoms with van der Waals surface area (Å²) in [4.78, 5) is 15.9. The molecule has 5 rings (SSSR count). The molecule has 8 nitrogen and oxygen atoms in total. The minimum absolute atomic E-state index is 0.0954. The first-order valence-electron chi connectivity index (χ1n) is 10.9. The fourth-order valence-electron chi connectivity index (χ4n) is 3.92. The molecule has 2 aromatic heterocycles. The van der Waals surface area contributed by atoms with Crippen molar-refractivity contribution in [1.29, 1.82) is 0 Å². The number of sulfone groups is 1. The molecule has 176 valence electrons. The molecule has 0 saturated carbocycles. The number of methoxy groups -OCH3 is 1. The predicted octanol–water partition coefficient (Wildman–Crippen LogP) is 4.21. The molecule has 34 heavy (non-hydrogen) atoms. The third kappa shape index (κ3) is 4.83. The van der Waals surface area contributed by atoms with Crippen LogP contribution in [0.2, 0.25) is 0 Å². The lowest BCUT2D eigenvalue weighted by atomic mass is 10.1. The molecular formula is C24H24N4O4S2. The second kappa shape index (κ2) is 9.19. The summed E-state index contributed by atoms with van der Waals surface area (Å²) in [5, 5.41) is 0.665. The Morgan fingerprint density at radius 3 is 2.32 bits per heavy atom. The van der Waals surface area contributed by atoms with Crippen LogP contribution in [0, 0.1) is 0 Å². The second-order valence-electron chi connectivity index (χ2n) is 8.19. The Morgan fingerprint density at radius 2 is 1.68 bits per heavy atom. The molecule has 4 aromatic rings. The van der Waals surface area contributed by atoms with E-state index in [-0.39, 0.29) is 6.10 Å². The normalized spacial score (nSPS) is 14.9. The molecule has 0 amide bonds. The van der Waals surface area contributed by atoms with E-state index in [2.05, 4.69) is 25.9 Å². The van der Waals surface area contributed by atoms with Gasteiger partial charge in [0.05, 0.1) is 34.6 Å². The van der Waals surface area contributed by atoms with Crippen LogP contribution in [0.3, 0.4) is 0 Å². The number of nitrogens with zero attached hydrogens (tertiary/aromatic N) is 4. The van der Waals surface area contributed by atoms with Crippen LogP contribution in [0.5, 0.6) is 10.9 Å². The van der Waals surface area contributed by atoms with Gasteiger partial charge in [0.25, 0.3) is 5.19 Å². The standard InChI is InChI=1S/C24H24N4O4S2/c1-31-19-14-25-23(26-15-19)28-11-9-18(10-12-28)32-24-27-21-8-5-17(13-22(21)33-24)16-3-6-20(7-4-16)34(2,29)30/h3-8,13-15,18H,9-12H2,1-2H3. The van der Waals surface area contributed by atoms with Crippen molar-refractivity contribution in [2.24, 2.45) is 0 Å². The third-order valence-electron chi connectivity index (χ3n) is 5.83. The lowest BCUT2D eigenvalue weighted by Crippen LogP contribution is -2.39. The van der Waals surface area contributed by atoms with Gasteiger partial charge in [0, 0.05) is 32.2 Å². The van der Waals surface area contributed by atoms with E-state index in [9.17, 15) is 8.42 Å². The Bertz CT molecular complexity index is 1400. The van der Waals surface area contributed by atoms with Gasteiger partial charge in [-0.2, -0.15) is 0 Å². The quantitative estimate of drug-likeness (QED) is 0.392. The molecule has 0 atom stereocenters. The Hall–Kier alpha value is -3.24. The molecule has 0 unspecified atom stereocenters. The Labute approximate surface area is 202 Å². The van der Waals surface area contributed by atoms with E-state index in [1.165, 1.54) is 17.6 Å². The Kier molecular flexibility index (Phi) is 6.09. The summed E-state index contributed by atoms with van der Waals surface area (Å²) in [5.41, 5.74) is 2.86. The van der Waals surface area contributed by atoms with E-state index in [0.29, 0.717) is 21.8 Å². The van der Waals surface area contributed by atoms with Crippen LogP contribution < -0.4 is 14.4 Å². The molecule has 3 heterocycles. The highest BCUT2D eigenvalue weighted by molar-refractivity contribution is 7.90. The van der Waals surface area contributed by atoms with Crippen molar-refractivity contribution in [3.05, 3.63) is 54.9 Å². The van der Waals surface area contributed by atoms with Gasteiger partial charge in [0.1, 0.15) is 6.10 Å². The molecule has 1 fully saturated rings. The lowest BCUT2D eigenvalue weighted by molar-refractivity contribution is 0.170. The van der Waals surface area contributed by atoms with Gasteiger partial charge in [-0.1, -0.05) is 29.5 Å². The van der Waals surface area contributed by atoms with Crippen LogP contribution in [0.4, 0.5) is 5.95 Å². The molecule has 0 bridgehead atoms. The van der Waals surface area contributed by atoms with E-state index >= 15 is 0 Å². The first-order chi connectivity index (χ1) is 16.4. The maximum absolute atomic E-state index is 11.7. The van der Waals surface area contributed by atoms with Crippen molar-refractivity contribution in [1.82, 2.24) is 15.0 Å². The van der Waals surface area contributed by atoms with Crippen LogP contribution in [0.1, 0.15) is 12.8 Å². The Balaban J connectivity index is 1.24. The highest BCUT2D eigenvalue weighted by atomic mass is 32.2. The summed E-state index contributed by atoms with van der Waals surface area (Å²) in [6, 6.07) is 13.0. The van der Waals surface area contributed by atoms with E-state index in [1.54, 1.807) is 31.6 Å². The summed E-state index contributed by atoms with van der Waals surface area (Å²) >= 11 is 1.53. The van der Waals surface area contributed by atoms with E-state index in [4.69, 9.17) is 9.47 Å². The summed E-state index contributed by atoms with van der Waals surface area (Å²) in [6.45, 7) is 1.63. The van der Waals surface area contributed by atoms with E-state index < -0.39 is 9.84 Å². The van der Waals surface area contributed by atoms with Gasteiger partial charge in [-0.05, 0) is 35.4 Å². The molecule has 2 aromatic carbocycles. The monoisotopic (exact) mass is 496 g/mol. The van der Waals surface area contributed by atoms with Gasteiger partial charge in [-0.25, -0.2) is 23.4 Å². The molecule has 10 heteroatoms. The molecule has 1 aliphatic rings. The number of rotatable bonds is 6. The maximum Gasteiger partial charge on any atom is 0.274 e. The largest absolute Gasteiger partial charge is 0.494 e. The number of hydrogen-bond donors (Lipinski definition) is 0. The van der Waals surface area contributed by atoms with Gasteiger partial charge >= 0.3 is 0 Å². The number of piperidine rings is 1. The molecule has 1 saturated heterocycles. The van der Waals surface area contributed by atoms with Crippen molar-refractivity contribution < 1.29 is 17.9 Å².